The van der Waals surface area contributed by atoms with E-state index in [-0.39, 0.29) is 18.5 Å². The van der Waals surface area contributed by atoms with Gasteiger partial charge in [0.05, 0.1) is 25.4 Å². The van der Waals surface area contributed by atoms with Crippen LogP contribution in [0.15, 0.2) is 24.3 Å². The molecule has 0 aromatic heterocycles. The molecule has 0 aromatic carbocycles. The van der Waals surface area contributed by atoms with Gasteiger partial charge in [0.15, 0.2) is 0 Å². The Balaban J connectivity index is 3.35. The number of rotatable bonds is 61. The Kier molecular flexibility index (Phi) is 60.5. The predicted octanol–water partition coefficient (Wildman–Crippen LogP) is 20.6. The van der Waals surface area contributed by atoms with Crippen LogP contribution in [-0.4, -0.2) is 47.4 Å². The maximum atomic E-state index is 12.4. The number of carbonyl (C=O) groups excluding carboxylic acids is 2. The molecular weight excluding hydrogens is 887 g/mol. The van der Waals surface area contributed by atoms with Crippen molar-refractivity contribution in [1.82, 2.24) is 5.32 Å². The van der Waals surface area contributed by atoms with Gasteiger partial charge in [0.25, 0.3) is 0 Å². The van der Waals surface area contributed by atoms with Crippen molar-refractivity contribution in [3.8, 4) is 0 Å². The van der Waals surface area contributed by atoms with Gasteiger partial charge in [-0.3, -0.25) is 9.59 Å². The molecule has 0 fully saturated rings. The van der Waals surface area contributed by atoms with Gasteiger partial charge in [-0.25, -0.2) is 0 Å². The number of aliphatic hydroxyl groups excluding tert-OH is 2. The first-order chi connectivity index (χ1) is 35.5. The fourth-order valence-corrected chi connectivity index (χ4v) is 10.2. The van der Waals surface area contributed by atoms with Crippen LogP contribution in [0, 0.1) is 0 Å². The summed E-state index contributed by atoms with van der Waals surface area (Å²) in [6.07, 6.45) is 76.6. The van der Waals surface area contributed by atoms with Crippen LogP contribution >= 0.6 is 0 Å². The van der Waals surface area contributed by atoms with E-state index in [0.717, 1.165) is 38.5 Å². The lowest BCUT2D eigenvalue weighted by molar-refractivity contribution is -0.143. The third-order valence-electron chi connectivity index (χ3n) is 15.2. The maximum absolute atomic E-state index is 12.4. The van der Waals surface area contributed by atoms with Crippen LogP contribution in [0.3, 0.4) is 0 Å². The van der Waals surface area contributed by atoms with Crippen LogP contribution in [0.4, 0.5) is 0 Å². The van der Waals surface area contributed by atoms with Crippen molar-refractivity contribution in [2.24, 2.45) is 0 Å². The first-order valence-corrected chi connectivity index (χ1v) is 32.6. The van der Waals surface area contributed by atoms with E-state index in [4.69, 9.17) is 4.74 Å². The molecule has 2 atom stereocenters. The maximum Gasteiger partial charge on any atom is 0.305 e. The van der Waals surface area contributed by atoms with E-state index in [1.54, 1.807) is 6.08 Å². The summed E-state index contributed by atoms with van der Waals surface area (Å²) in [7, 11) is 0. The van der Waals surface area contributed by atoms with Crippen molar-refractivity contribution < 1.29 is 24.5 Å². The Labute approximate surface area is 450 Å². The summed E-state index contributed by atoms with van der Waals surface area (Å²) < 4.78 is 5.51. The van der Waals surface area contributed by atoms with Gasteiger partial charge in [0, 0.05) is 12.8 Å². The van der Waals surface area contributed by atoms with Crippen molar-refractivity contribution in [2.45, 2.75) is 373 Å². The summed E-state index contributed by atoms with van der Waals surface area (Å²) in [6, 6.07) is -0.625. The number of aliphatic hydroxyl groups is 2. The molecule has 426 valence electrons. The lowest BCUT2D eigenvalue weighted by Crippen LogP contribution is -2.45. The molecule has 0 spiro atoms. The van der Waals surface area contributed by atoms with Gasteiger partial charge in [0.2, 0.25) is 5.91 Å². The van der Waals surface area contributed by atoms with Gasteiger partial charge >= 0.3 is 5.97 Å². The van der Waals surface area contributed by atoms with Crippen molar-refractivity contribution in [1.29, 1.82) is 0 Å². The first-order valence-electron chi connectivity index (χ1n) is 32.6. The molecule has 0 saturated heterocycles. The van der Waals surface area contributed by atoms with Crippen LogP contribution in [0.2, 0.25) is 0 Å². The molecule has 3 N–H and O–H groups in total. The van der Waals surface area contributed by atoms with E-state index in [2.05, 4.69) is 31.3 Å². The number of ether oxygens (including phenoxy) is 1. The zero-order valence-electron chi connectivity index (χ0n) is 48.7. The highest BCUT2D eigenvalue weighted by Gasteiger charge is 2.18. The molecule has 0 aliphatic rings. The van der Waals surface area contributed by atoms with Gasteiger partial charge in [-0.2, -0.15) is 0 Å². The quantitative estimate of drug-likeness (QED) is 0.0320. The van der Waals surface area contributed by atoms with Gasteiger partial charge in [-0.15, -0.1) is 0 Å². The van der Waals surface area contributed by atoms with Crippen LogP contribution < -0.4 is 5.32 Å². The lowest BCUT2D eigenvalue weighted by Gasteiger charge is -2.20. The Bertz CT molecular complexity index is 1120. The van der Waals surface area contributed by atoms with Crippen molar-refractivity contribution in [2.75, 3.05) is 13.2 Å². The third-order valence-corrected chi connectivity index (χ3v) is 15.2. The molecule has 0 rings (SSSR count). The van der Waals surface area contributed by atoms with Crippen molar-refractivity contribution in [3.05, 3.63) is 24.3 Å². The molecule has 0 heterocycles. The monoisotopic (exact) mass is 1010 g/mol. The molecule has 0 aromatic rings. The first kappa shape index (κ1) is 70.3. The molecule has 0 aliphatic heterocycles. The molecule has 0 bridgehead atoms. The fraction of sp³-hybridized carbons (Fsp3) is 0.909. The topological polar surface area (TPSA) is 95.9 Å². The molecule has 2 unspecified atom stereocenters. The lowest BCUT2D eigenvalue weighted by atomic mass is 10.0. The van der Waals surface area contributed by atoms with Crippen LogP contribution in [0.25, 0.3) is 0 Å². The summed E-state index contributed by atoms with van der Waals surface area (Å²) in [5.74, 6) is -0.0512. The largest absolute Gasteiger partial charge is 0.466 e. The van der Waals surface area contributed by atoms with Crippen LogP contribution in [0.5, 0.6) is 0 Å². The van der Waals surface area contributed by atoms with E-state index in [1.165, 1.54) is 295 Å². The summed E-state index contributed by atoms with van der Waals surface area (Å²) in [5.41, 5.74) is 0. The second-order valence-electron chi connectivity index (χ2n) is 22.5. The minimum absolute atomic E-state index is 0.0150. The summed E-state index contributed by atoms with van der Waals surface area (Å²) >= 11 is 0. The summed E-state index contributed by atoms with van der Waals surface area (Å²) in [4.78, 5) is 24.5. The van der Waals surface area contributed by atoms with E-state index in [1.807, 2.05) is 6.08 Å². The minimum atomic E-state index is -0.842. The number of hydrogen-bond acceptors (Lipinski definition) is 5. The highest BCUT2D eigenvalue weighted by molar-refractivity contribution is 5.76. The highest BCUT2D eigenvalue weighted by Crippen LogP contribution is 2.18. The zero-order chi connectivity index (χ0) is 52.2. The van der Waals surface area contributed by atoms with E-state index >= 15 is 0 Å². The summed E-state index contributed by atoms with van der Waals surface area (Å²) in [6.45, 7) is 4.91. The second kappa shape index (κ2) is 61.9. The molecule has 0 saturated carbocycles. The number of nitrogens with one attached hydrogen (secondary N) is 1. The number of amides is 1. The highest BCUT2D eigenvalue weighted by atomic mass is 16.5. The Morgan fingerprint density at radius 1 is 0.375 bits per heavy atom. The van der Waals surface area contributed by atoms with E-state index < -0.39 is 12.1 Å². The van der Waals surface area contributed by atoms with Crippen molar-refractivity contribution in [3.63, 3.8) is 0 Å². The molecule has 72 heavy (non-hydrogen) atoms. The average Bonchev–Trinajstić information content (AvgIpc) is 3.38. The number of carbonyl (C=O) groups is 2. The number of esters is 1. The van der Waals surface area contributed by atoms with Gasteiger partial charge < -0.3 is 20.3 Å². The molecule has 6 heteroatoms. The zero-order valence-corrected chi connectivity index (χ0v) is 48.7. The smallest absolute Gasteiger partial charge is 0.305 e. The van der Waals surface area contributed by atoms with Crippen molar-refractivity contribution >= 4 is 11.9 Å². The predicted molar refractivity (Wildman–Crippen MR) is 315 cm³/mol. The Morgan fingerprint density at radius 3 is 0.986 bits per heavy atom. The Hall–Kier alpha value is -1.66. The fourth-order valence-electron chi connectivity index (χ4n) is 10.2. The normalized spacial score (nSPS) is 12.7. The van der Waals surface area contributed by atoms with Crippen LogP contribution in [0.1, 0.15) is 361 Å². The Morgan fingerprint density at radius 2 is 0.653 bits per heavy atom. The molecule has 6 nitrogen and oxygen atoms in total. The molecule has 1 amide bonds. The SMILES string of the molecule is CCCCCCCC/C=C\CCCCCCCCCCCC(=O)OCCCCCCCCCCCCCCCCCCCCCCCCCCC(=O)NC(CO)C(O)/C=C/CCCCCCCCCCCC. The van der Waals surface area contributed by atoms with Gasteiger partial charge in [-0.1, -0.05) is 314 Å². The molecule has 0 aliphatic carbocycles. The van der Waals surface area contributed by atoms with E-state index in [9.17, 15) is 19.8 Å². The number of hydrogen-bond donors (Lipinski definition) is 3. The second-order valence-corrected chi connectivity index (χ2v) is 22.5. The van der Waals surface area contributed by atoms with Gasteiger partial charge in [-0.05, 0) is 57.8 Å². The molecular formula is C66H127NO5. The number of allylic oxidation sites excluding steroid dienone is 3. The molecule has 0 radical (unpaired) electrons. The minimum Gasteiger partial charge on any atom is -0.466 e. The average molecular weight is 1010 g/mol. The standard InChI is InChI=1S/C66H127NO5/c1-3-5-7-9-11-13-15-17-18-19-26-30-33-36-40-44-48-52-56-60-66(71)72-61-57-53-49-45-41-37-34-31-28-25-23-21-20-22-24-27-29-32-35-39-43-47-51-55-59-65(70)67-63(62-68)64(69)58-54-50-46-42-38-16-14-12-10-8-6-4-2/h17-18,54,58,63-64,68-69H,3-16,19-53,55-57,59-62H2,1-2H3,(H,67,70)/b18-17-,58-54+. The van der Waals surface area contributed by atoms with E-state index in [0.29, 0.717) is 19.4 Å². The summed E-state index contributed by atoms with van der Waals surface area (Å²) in [5, 5.41) is 23.1. The van der Waals surface area contributed by atoms with Crippen LogP contribution in [-0.2, 0) is 14.3 Å². The third kappa shape index (κ3) is 57.6. The number of unbranched alkanes of at least 4 members (excludes halogenated alkanes) is 48. The van der Waals surface area contributed by atoms with Gasteiger partial charge in [0.1, 0.15) is 0 Å².